The maximum Gasteiger partial charge on any atom is 0.226 e. The molecule has 2 unspecified atom stereocenters. The van der Waals surface area contributed by atoms with Crippen LogP contribution in [0.4, 0.5) is 0 Å². The molecule has 220 valence electrons. The maximum atomic E-state index is 14.5. The Bertz CT molecular complexity index is 846. The number of nitrogens with zero attached hydrogens (tertiary/aromatic N) is 2. The van der Waals surface area contributed by atoms with E-state index >= 15 is 0 Å². The standard InChI is InChI=1S/C33H55N3O3/c1-35(2)13-5-12-34-31(38)29-27-6-3-4-7-28(27)32(39)36(30(29)26-10-8-22(20-37)9-11-26)21-33-17-23-14-24(18-33)16-25(15-23)19-33/h22-30,37H,3-21H2,1-2H3,(H,34,38)/t22?,23?,24?,25?,26?,27?,28?,29-,30+,33?/m1/s1. The number of hydrogen-bond acceptors (Lipinski definition) is 4. The van der Waals surface area contributed by atoms with Crippen molar-refractivity contribution in [3.8, 4) is 0 Å². The van der Waals surface area contributed by atoms with E-state index in [0.29, 0.717) is 23.2 Å². The molecule has 4 atom stereocenters. The van der Waals surface area contributed by atoms with Gasteiger partial charge in [-0.25, -0.2) is 0 Å². The average molecular weight is 542 g/mol. The minimum absolute atomic E-state index is 0.0372. The molecule has 6 aliphatic carbocycles. The summed E-state index contributed by atoms with van der Waals surface area (Å²) in [6.45, 7) is 2.88. The smallest absolute Gasteiger partial charge is 0.226 e. The SMILES string of the molecule is CN(C)CCCNC(=O)[C@@H]1C2CCCCC2C(=O)N(CC23CC4CC(CC(C4)C2)C3)[C@H]1C1CCC(CO)CC1. The Kier molecular flexibility index (Phi) is 8.35. The van der Waals surface area contributed by atoms with Crippen LogP contribution in [0.15, 0.2) is 0 Å². The molecule has 6 nitrogen and oxygen atoms in total. The van der Waals surface area contributed by atoms with Crippen LogP contribution in [0.2, 0.25) is 0 Å². The normalized spacial score (nSPS) is 43.5. The van der Waals surface area contributed by atoms with E-state index < -0.39 is 0 Å². The largest absolute Gasteiger partial charge is 0.396 e. The highest BCUT2D eigenvalue weighted by molar-refractivity contribution is 5.87. The van der Waals surface area contributed by atoms with Crippen LogP contribution < -0.4 is 5.32 Å². The lowest BCUT2D eigenvalue weighted by atomic mass is 9.49. The first-order valence-electron chi connectivity index (χ1n) is 16.7. The molecule has 1 heterocycles. The monoisotopic (exact) mass is 541 g/mol. The predicted octanol–water partition coefficient (Wildman–Crippen LogP) is 4.70. The van der Waals surface area contributed by atoms with Crippen molar-refractivity contribution in [3.63, 3.8) is 0 Å². The lowest BCUT2D eigenvalue weighted by Gasteiger charge is -2.60. The molecular weight excluding hydrogens is 486 g/mol. The molecule has 7 rings (SSSR count). The van der Waals surface area contributed by atoms with Gasteiger partial charge in [0.25, 0.3) is 0 Å². The molecule has 0 radical (unpaired) electrons. The highest BCUT2D eigenvalue weighted by Crippen LogP contribution is 2.61. The summed E-state index contributed by atoms with van der Waals surface area (Å²) in [6, 6.07) is 0.0401. The number of amides is 2. The van der Waals surface area contributed by atoms with Crippen LogP contribution in [-0.4, -0.2) is 73.1 Å². The zero-order valence-electron chi connectivity index (χ0n) is 24.8. The van der Waals surface area contributed by atoms with Gasteiger partial charge in [0.05, 0.1) is 5.92 Å². The molecule has 1 aliphatic heterocycles. The first kappa shape index (κ1) is 28.0. The second kappa shape index (κ2) is 11.6. The molecule has 0 aromatic heterocycles. The van der Waals surface area contributed by atoms with Gasteiger partial charge in [0.2, 0.25) is 11.8 Å². The van der Waals surface area contributed by atoms with Crippen molar-refractivity contribution in [2.75, 3.05) is 40.3 Å². The summed E-state index contributed by atoms with van der Waals surface area (Å²) < 4.78 is 0. The molecule has 2 amide bonds. The quantitative estimate of drug-likeness (QED) is 0.415. The van der Waals surface area contributed by atoms with E-state index in [1.807, 2.05) is 0 Å². The van der Waals surface area contributed by atoms with Crippen LogP contribution in [-0.2, 0) is 9.59 Å². The molecule has 6 saturated carbocycles. The van der Waals surface area contributed by atoms with E-state index in [-0.39, 0.29) is 36.3 Å². The number of carbonyl (C=O) groups is 2. The zero-order chi connectivity index (χ0) is 27.1. The van der Waals surface area contributed by atoms with E-state index in [1.54, 1.807) is 0 Å². The number of fused-ring (bicyclic) bond motifs is 1. The molecule has 0 spiro atoms. The van der Waals surface area contributed by atoms with Crippen molar-refractivity contribution in [1.82, 2.24) is 15.1 Å². The second-order valence-electron chi connectivity index (χ2n) is 15.4. The molecule has 0 aromatic rings. The van der Waals surface area contributed by atoms with Gasteiger partial charge < -0.3 is 20.2 Å². The van der Waals surface area contributed by atoms with Crippen molar-refractivity contribution in [2.24, 2.45) is 52.8 Å². The third-order valence-electron chi connectivity index (χ3n) is 12.3. The fraction of sp³-hybridized carbons (Fsp3) is 0.939. The molecule has 39 heavy (non-hydrogen) atoms. The molecule has 7 aliphatic rings. The molecular formula is C33H55N3O3. The van der Waals surface area contributed by atoms with E-state index in [1.165, 1.54) is 38.5 Å². The predicted molar refractivity (Wildman–Crippen MR) is 154 cm³/mol. The Hall–Kier alpha value is -1.14. The minimum atomic E-state index is -0.0723. The van der Waals surface area contributed by atoms with Gasteiger partial charge in [0.15, 0.2) is 0 Å². The van der Waals surface area contributed by atoms with Crippen LogP contribution in [0.3, 0.4) is 0 Å². The van der Waals surface area contributed by atoms with Gasteiger partial charge in [-0.05, 0) is 145 Å². The number of nitrogens with one attached hydrogen (secondary N) is 1. The molecule has 4 bridgehead atoms. The number of piperidine rings is 1. The van der Waals surface area contributed by atoms with Crippen molar-refractivity contribution >= 4 is 11.8 Å². The summed E-state index contributed by atoms with van der Waals surface area (Å²) in [6.07, 6.45) is 17.6. The van der Waals surface area contributed by atoms with Gasteiger partial charge in [0.1, 0.15) is 0 Å². The van der Waals surface area contributed by atoms with Gasteiger partial charge in [-0.2, -0.15) is 0 Å². The van der Waals surface area contributed by atoms with E-state index in [0.717, 1.165) is 95.2 Å². The Morgan fingerprint density at radius 1 is 0.974 bits per heavy atom. The summed E-state index contributed by atoms with van der Waals surface area (Å²) in [4.78, 5) is 33.2. The van der Waals surface area contributed by atoms with Gasteiger partial charge in [-0.15, -0.1) is 0 Å². The van der Waals surface area contributed by atoms with Gasteiger partial charge in [-0.1, -0.05) is 12.8 Å². The van der Waals surface area contributed by atoms with Gasteiger partial charge in [0, 0.05) is 31.7 Å². The van der Waals surface area contributed by atoms with E-state index in [9.17, 15) is 14.7 Å². The Balaban J connectivity index is 1.30. The minimum Gasteiger partial charge on any atom is -0.396 e. The number of hydrogen-bond donors (Lipinski definition) is 2. The van der Waals surface area contributed by atoms with E-state index in [2.05, 4.69) is 29.2 Å². The van der Waals surface area contributed by atoms with Crippen LogP contribution in [0, 0.1) is 52.8 Å². The van der Waals surface area contributed by atoms with Crippen LogP contribution in [0.5, 0.6) is 0 Å². The summed E-state index contributed by atoms with van der Waals surface area (Å²) in [5, 5.41) is 13.2. The van der Waals surface area contributed by atoms with Gasteiger partial charge >= 0.3 is 0 Å². The fourth-order valence-electron chi connectivity index (χ4n) is 11.1. The van der Waals surface area contributed by atoms with Gasteiger partial charge in [-0.3, -0.25) is 9.59 Å². The third-order valence-corrected chi connectivity index (χ3v) is 12.3. The summed E-state index contributed by atoms with van der Waals surface area (Å²) in [7, 11) is 4.17. The Morgan fingerprint density at radius 2 is 1.62 bits per heavy atom. The molecule has 0 aromatic carbocycles. The first-order valence-corrected chi connectivity index (χ1v) is 16.7. The summed E-state index contributed by atoms with van der Waals surface area (Å²) in [5.41, 5.74) is 0.291. The molecule has 6 heteroatoms. The fourth-order valence-corrected chi connectivity index (χ4v) is 11.1. The maximum absolute atomic E-state index is 14.5. The average Bonchev–Trinajstić information content (AvgIpc) is 2.91. The topological polar surface area (TPSA) is 72.9 Å². The summed E-state index contributed by atoms with van der Waals surface area (Å²) in [5.74, 6) is 4.17. The molecule has 1 saturated heterocycles. The molecule has 2 N–H and O–H groups in total. The lowest BCUT2D eigenvalue weighted by Crippen LogP contribution is -2.66. The lowest BCUT2D eigenvalue weighted by molar-refractivity contribution is -0.168. The Morgan fingerprint density at radius 3 is 2.23 bits per heavy atom. The van der Waals surface area contributed by atoms with Crippen molar-refractivity contribution in [3.05, 3.63) is 0 Å². The Labute approximate surface area is 237 Å². The highest BCUT2D eigenvalue weighted by Gasteiger charge is 2.58. The van der Waals surface area contributed by atoms with Crippen LogP contribution in [0.1, 0.15) is 96.3 Å². The van der Waals surface area contributed by atoms with Crippen molar-refractivity contribution in [2.45, 2.75) is 102 Å². The van der Waals surface area contributed by atoms with Crippen molar-refractivity contribution in [1.29, 1.82) is 0 Å². The molecule has 7 fully saturated rings. The number of aliphatic hydroxyl groups is 1. The number of rotatable bonds is 9. The zero-order valence-corrected chi connectivity index (χ0v) is 24.8. The third kappa shape index (κ3) is 5.67. The van der Waals surface area contributed by atoms with Crippen LogP contribution >= 0.6 is 0 Å². The van der Waals surface area contributed by atoms with Crippen molar-refractivity contribution < 1.29 is 14.7 Å². The number of carbonyl (C=O) groups excluding carboxylic acids is 2. The summed E-state index contributed by atoms with van der Waals surface area (Å²) >= 11 is 0. The number of likely N-dealkylation sites (tertiary alicyclic amines) is 1. The highest BCUT2D eigenvalue weighted by atomic mass is 16.3. The van der Waals surface area contributed by atoms with Crippen LogP contribution in [0.25, 0.3) is 0 Å². The first-order chi connectivity index (χ1) is 18.9. The van der Waals surface area contributed by atoms with E-state index in [4.69, 9.17) is 0 Å². The number of aliphatic hydroxyl groups excluding tert-OH is 1. The second-order valence-corrected chi connectivity index (χ2v) is 15.4.